The molecule has 1 aliphatic rings. The summed E-state index contributed by atoms with van der Waals surface area (Å²) >= 11 is 0. The van der Waals surface area contributed by atoms with E-state index in [0.29, 0.717) is 6.04 Å². The van der Waals surface area contributed by atoms with Crippen LogP contribution in [0, 0.1) is 0 Å². The second-order valence-electron chi connectivity index (χ2n) is 7.09. The Labute approximate surface area is 182 Å². The number of ether oxygens (including phenoxy) is 1. The van der Waals surface area contributed by atoms with E-state index >= 15 is 0 Å². The van der Waals surface area contributed by atoms with Gasteiger partial charge in [-0.1, -0.05) is 12.1 Å². The van der Waals surface area contributed by atoms with E-state index in [0.717, 1.165) is 57.5 Å². The van der Waals surface area contributed by atoms with E-state index in [4.69, 9.17) is 9.73 Å². The minimum atomic E-state index is 0. The molecule has 1 fully saturated rings. The average molecular weight is 489 g/mol. The van der Waals surface area contributed by atoms with Crippen LogP contribution >= 0.6 is 24.0 Å². The number of benzene rings is 1. The van der Waals surface area contributed by atoms with Gasteiger partial charge >= 0.3 is 0 Å². The van der Waals surface area contributed by atoms with Gasteiger partial charge in [0.05, 0.1) is 13.7 Å². The van der Waals surface area contributed by atoms with E-state index < -0.39 is 0 Å². The molecule has 0 spiro atoms. The predicted molar refractivity (Wildman–Crippen MR) is 124 cm³/mol. The highest BCUT2D eigenvalue weighted by molar-refractivity contribution is 14.0. The van der Waals surface area contributed by atoms with E-state index in [1.165, 1.54) is 5.56 Å². The van der Waals surface area contributed by atoms with Gasteiger partial charge in [-0.25, -0.2) is 0 Å². The lowest BCUT2D eigenvalue weighted by Gasteiger charge is -2.36. The molecule has 0 saturated carbocycles. The first-order valence-corrected chi connectivity index (χ1v) is 9.58. The first kappa shape index (κ1) is 24.0. The molecule has 6 nitrogen and oxygen atoms in total. The van der Waals surface area contributed by atoms with E-state index in [1.54, 1.807) is 7.11 Å². The zero-order valence-corrected chi connectivity index (χ0v) is 19.8. The lowest BCUT2D eigenvalue weighted by atomic mass is 10.2. The van der Waals surface area contributed by atoms with Gasteiger partial charge in [0.15, 0.2) is 5.96 Å². The Kier molecular flexibility index (Phi) is 11.0. The Morgan fingerprint density at radius 1 is 1.22 bits per heavy atom. The lowest BCUT2D eigenvalue weighted by molar-refractivity contribution is 0.122. The highest BCUT2D eigenvalue weighted by atomic mass is 127. The molecule has 0 aliphatic carbocycles. The SMILES string of the molecule is CCNC(=NCC(C)N1CCN(C)CC1)N(C)Cc1ccc(OC)cc1.I. The summed E-state index contributed by atoms with van der Waals surface area (Å²) in [5.41, 5.74) is 1.24. The third-order valence-corrected chi connectivity index (χ3v) is 4.94. The zero-order valence-electron chi connectivity index (χ0n) is 17.4. The number of hydrogen-bond acceptors (Lipinski definition) is 4. The molecule has 154 valence electrons. The fourth-order valence-electron chi connectivity index (χ4n) is 3.15. The van der Waals surface area contributed by atoms with Crippen LogP contribution in [0.5, 0.6) is 5.75 Å². The second kappa shape index (κ2) is 12.4. The Morgan fingerprint density at radius 3 is 2.41 bits per heavy atom. The monoisotopic (exact) mass is 489 g/mol. The third-order valence-electron chi connectivity index (χ3n) is 4.94. The third kappa shape index (κ3) is 7.83. The van der Waals surface area contributed by atoms with Gasteiger partial charge in [-0.3, -0.25) is 9.89 Å². The van der Waals surface area contributed by atoms with Crippen LogP contribution in [0.2, 0.25) is 0 Å². The maximum absolute atomic E-state index is 5.23. The van der Waals surface area contributed by atoms with Gasteiger partial charge in [0.25, 0.3) is 0 Å². The molecule has 1 aromatic rings. The van der Waals surface area contributed by atoms with Crippen molar-refractivity contribution in [1.29, 1.82) is 0 Å². The van der Waals surface area contributed by atoms with Crippen molar-refractivity contribution in [3.63, 3.8) is 0 Å². The molecule has 1 saturated heterocycles. The van der Waals surface area contributed by atoms with Gasteiger partial charge in [-0.05, 0) is 38.6 Å². The summed E-state index contributed by atoms with van der Waals surface area (Å²) in [4.78, 5) is 12.0. The molecule has 0 radical (unpaired) electrons. The molecule has 0 amide bonds. The summed E-state index contributed by atoms with van der Waals surface area (Å²) in [5.74, 6) is 1.85. The average Bonchev–Trinajstić information content (AvgIpc) is 2.66. The first-order valence-electron chi connectivity index (χ1n) is 9.58. The van der Waals surface area contributed by atoms with E-state index in [-0.39, 0.29) is 24.0 Å². The van der Waals surface area contributed by atoms with Crippen molar-refractivity contribution in [2.45, 2.75) is 26.4 Å². The van der Waals surface area contributed by atoms with Gasteiger partial charge in [-0.2, -0.15) is 0 Å². The van der Waals surface area contributed by atoms with Crippen molar-refractivity contribution in [3.8, 4) is 5.75 Å². The summed E-state index contributed by atoms with van der Waals surface area (Å²) < 4.78 is 5.23. The minimum absolute atomic E-state index is 0. The van der Waals surface area contributed by atoms with Crippen LogP contribution in [0.4, 0.5) is 0 Å². The zero-order chi connectivity index (χ0) is 18.9. The Balaban J connectivity index is 0.00000364. The fraction of sp³-hybridized carbons (Fsp3) is 0.650. The van der Waals surface area contributed by atoms with Gasteiger partial charge in [0.1, 0.15) is 5.75 Å². The molecule has 2 rings (SSSR count). The molecule has 0 aromatic heterocycles. The van der Waals surface area contributed by atoms with Crippen molar-refractivity contribution < 1.29 is 4.74 Å². The van der Waals surface area contributed by atoms with Crippen LogP contribution in [0.15, 0.2) is 29.3 Å². The van der Waals surface area contributed by atoms with Crippen LogP contribution < -0.4 is 10.1 Å². The largest absolute Gasteiger partial charge is 0.497 e. The standard InChI is InChI=1S/C20H35N5O.HI/c1-6-21-20(22-15-17(2)25-13-11-23(3)12-14-25)24(4)16-18-7-9-19(26-5)10-8-18;/h7-10,17H,6,11-16H2,1-5H3,(H,21,22);1H. The van der Waals surface area contributed by atoms with Gasteiger partial charge in [0, 0.05) is 52.4 Å². The number of aliphatic imine (C=N–C) groups is 1. The number of halogens is 1. The maximum Gasteiger partial charge on any atom is 0.194 e. The number of likely N-dealkylation sites (N-methyl/N-ethyl adjacent to an activating group) is 1. The van der Waals surface area contributed by atoms with Crippen molar-refractivity contribution in [2.75, 3.05) is 60.5 Å². The van der Waals surface area contributed by atoms with Crippen molar-refractivity contribution in [1.82, 2.24) is 20.0 Å². The summed E-state index contributed by atoms with van der Waals surface area (Å²) in [7, 11) is 5.97. The van der Waals surface area contributed by atoms with E-state index in [9.17, 15) is 0 Å². The smallest absolute Gasteiger partial charge is 0.194 e. The summed E-state index contributed by atoms with van der Waals surface area (Å²) in [6.07, 6.45) is 0. The number of piperazine rings is 1. The lowest BCUT2D eigenvalue weighted by Crippen LogP contribution is -2.49. The number of methoxy groups -OCH3 is 1. The molecule has 27 heavy (non-hydrogen) atoms. The summed E-state index contributed by atoms with van der Waals surface area (Å²) in [5, 5.41) is 3.42. The molecule has 1 aliphatic heterocycles. The molecular formula is C20H36IN5O. The van der Waals surface area contributed by atoms with Crippen LogP contribution in [0.3, 0.4) is 0 Å². The summed E-state index contributed by atoms with van der Waals surface area (Å²) in [6.45, 7) is 11.4. The predicted octanol–water partition coefficient (Wildman–Crippen LogP) is 2.35. The highest BCUT2D eigenvalue weighted by Crippen LogP contribution is 2.13. The normalized spacial score (nSPS) is 17.1. The number of hydrogen-bond donors (Lipinski definition) is 1. The number of guanidine groups is 1. The van der Waals surface area contributed by atoms with Gasteiger partial charge in [0.2, 0.25) is 0 Å². The fourth-order valence-corrected chi connectivity index (χ4v) is 3.15. The maximum atomic E-state index is 5.23. The molecule has 1 aromatic carbocycles. The Morgan fingerprint density at radius 2 is 1.85 bits per heavy atom. The molecule has 1 heterocycles. The molecule has 0 bridgehead atoms. The first-order chi connectivity index (χ1) is 12.5. The van der Waals surface area contributed by atoms with Crippen LogP contribution in [-0.2, 0) is 6.54 Å². The molecule has 1 unspecified atom stereocenters. The molecular weight excluding hydrogens is 453 g/mol. The number of rotatable bonds is 7. The molecule has 1 atom stereocenters. The van der Waals surface area contributed by atoms with Crippen molar-refractivity contribution in [2.24, 2.45) is 4.99 Å². The molecule has 7 heteroatoms. The molecule has 1 N–H and O–H groups in total. The van der Waals surface area contributed by atoms with Crippen molar-refractivity contribution in [3.05, 3.63) is 29.8 Å². The van der Waals surface area contributed by atoms with Crippen LogP contribution in [0.25, 0.3) is 0 Å². The number of nitrogens with zero attached hydrogens (tertiary/aromatic N) is 4. The quantitative estimate of drug-likeness (QED) is 0.362. The van der Waals surface area contributed by atoms with E-state index in [2.05, 4.69) is 60.1 Å². The second-order valence-corrected chi connectivity index (χ2v) is 7.09. The van der Waals surface area contributed by atoms with Gasteiger partial charge in [-0.15, -0.1) is 24.0 Å². The van der Waals surface area contributed by atoms with Crippen LogP contribution in [0.1, 0.15) is 19.4 Å². The van der Waals surface area contributed by atoms with Crippen molar-refractivity contribution >= 4 is 29.9 Å². The Bertz CT molecular complexity index is 558. The van der Waals surface area contributed by atoms with Gasteiger partial charge < -0.3 is 19.9 Å². The highest BCUT2D eigenvalue weighted by Gasteiger charge is 2.19. The Hall–Kier alpha value is -1.06. The summed E-state index contributed by atoms with van der Waals surface area (Å²) in [6, 6.07) is 8.68. The van der Waals surface area contributed by atoms with E-state index in [1.807, 2.05) is 12.1 Å². The topological polar surface area (TPSA) is 43.3 Å². The van der Waals surface area contributed by atoms with Crippen LogP contribution in [-0.4, -0.2) is 87.2 Å². The number of nitrogens with one attached hydrogen (secondary N) is 1. The minimum Gasteiger partial charge on any atom is -0.497 e.